The van der Waals surface area contributed by atoms with Crippen LogP contribution in [0.4, 0.5) is 0 Å². The topological polar surface area (TPSA) is 48.7 Å². The van der Waals surface area contributed by atoms with Gasteiger partial charge in [-0.05, 0) is 52.8 Å². The Morgan fingerprint density at radius 1 is 0.844 bits per heavy atom. The van der Waals surface area contributed by atoms with Crippen LogP contribution in [0.2, 0.25) is 0 Å². The van der Waals surface area contributed by atoms with Gasteiger partial charge in [-0.3, -0.25) is 4.79 Å². The average Bonchev–Trinajstić information content (AvgIpc) is 2.79. The van der Waals surface area contributed by atoms with E-state index in [1.54, 1.807) is 18.2 Å². The smallest absolute Gasteiger partial charge is 0.235 e. The van der Waals surface area contributed by atoms with Crippen LogP contribution in [0, 0.1) is 0 Å². The molecular formula is C28H28O4. The minimum Gasteiger partial charge on any atom is -0.489 e. The van der Waals surface area contributed by atoms with Crippen LogP contribution in [-0.4, -0.2) is 0 Å². The molecule has 0 bridgehead atoms. The van der Waals surface area contributed by atoms with Crippen molar-refractivity contribution in [2.24, 2.45) is 0 Å². The zero-order valence-electron chi connectivity index (χ0n) is 19.0. The van der Waals surface area contributed by atoms with E-state index in [1.165, 1.54) is 17.4 Å². The molecule has 0 saturated heterocycles. The number of rotatable bonds is 6. The summed E-state index contributed by atoms with van der Waals surface area (Å²) in [4.78, 5) is 12.8. The molecule has 4 heteroatoms. The molecule has 0 fully saturated rings. The second-order valence-corrected chi connectivity index (χ2v) is 8.92. The molecule has 1 aromatic heterocycles. The summed E-state index contributed by atoms with van der Waals surface area (Å²) in [6.07, 6.45) is 2.30. The highest BCUT2D eigenvalue weighted by Gasteiger charge is 2.13. The number of hydrogen-bond acceptors (Lipinski definition) is 4. The first-order valence-electron chi connectivity index (χ1n) is 10.9. The summed E-state index contributed by atoms with van der Waals surface area (Å²) < 4.78 is 17.3. The fraction of sp³-hybridized carbons (Fsp3) is 0.250. The van der Waals surface area contributed by atoms with Gasteiger partial charge in [-0.25, -0.2) is 0 Å². The Labute approximate surface area is 188 Å². The molecule has 164 valence electrons. The van der Waals surface area contributed by atoms with Crippen molar-refractivity contribution in [2.45, 2.75) is 46.1 Å². The summed E-state index contributed by atoms with van der Waals surface area (Å²) in [5.41, 5.74) is 3.95. The summed E-state index contributed by atoms with van der Waals surface area (Å²) in [6, 6.07) is 21.3. The van der Waals surface area contributed by atoms with Crippen molar-refractivity contribution in [3.05, 3.63) is 99.9 Å². The maximum absolute atomic E-state index is 12.8. The van der Waals surface area contributed by atoms with Gasteiger partial charge in [0.25, 0.3) is 0 Å². The molecule has 0 radical (unpaired) electrons. The molecule has 0 unspecified atom stereocenters. The van der Waals surface area contributed by atoms with Crippen molar-refractivity contribution >= 4 is 11.0 Å². The largest absolute Gasteiger partial charge is 0.489 e. The van der Waals surface area contributed by atoms with Gasteiger partial charge in [-0.2, -0.15) is 0 Å². The van der Waals surface area contributed by atoms with Crippen LogP contribution in [-0.2, 0) is 18.4 Å². The molecule has 0 spiro atoms. The van der Waals surface area contributed by atoms with Gasteiger partial charge in [0.05, 0.1) is 5.39 Å². The summed E-state index contributed by atoms with van der Waals surface area (Å²) in [5.74, 6) is 1.41. The van der Waals surface area contributed by atoms with E-state index < -0.39 is 0 Å². The van der Waals surface area contributed by atoms with Gasteiger partial charge < -0.3 is 13.9 Å². The molecule has 0 N–H and O–H groups in total. The number of fused-ring (bicyclic) bond motifs is 1. The molecule has 0 saturated carbocycles. The van der Waals surface area contributed by atoms with Gasteiger partial charge in [0.2, 0.25) is 11.2 Å². The SMILES string of the molecule is CCc1ccc(Oc2coc3cc(OCc4ccc(C(C)(C)C)cc4)ccc3c2=O)cc1. The minimum atomic E-state index is -0.213. The summed E-state index contributed by atoms with van der Waals surface area (Å²) in [7, 11) is 0. The van der Waals surface area contributed by atoms with Crippen LogP contribution in [0.3, 0.4) is 0 Å². The first-order valence-corrected chi connectivity index (χ1v) is 10.9. The molecule has 0 aliphatic heterocycles. The lowest BCUT2D eigenvalue weighted by Gasteiger charge is -2.19. The maximum atomic E-state index is 12.8. The van der Waals surface area contributed by atoms with E-state index in [0.717, 1.165) is 12.0 Å². The van der Waals surface area contributed by atoms with Crippen LogP contribution < -0.4 is 14.9 Å². The third-order valence-electron chi connectivity index (χ3n) is 5.50. The van der Waals surface area contributed by atoms with Crippen molar-refractivity contribution in [2.75, 3.05) is 0 Å². The van der Waals surface area contributed by atoms with E-state index in [0.29, 0.717) is 29.1 Å². The molecule has 0 aliphatic carbocycles. The van der Waals surface area contributed by atoms with E-state index in [9.17, 15) is 4.79 Å². The lowest BCUT2D eigenvalue weighted by Crippen LogP contribution is -2.10. The average molecular weight is 429 g/mol. The fourth-order valence-electron chi connectivity index (χ4n) is 3.44. The molecule has 0 aliphatic rings. The van der Waals surface area contributed by atoms with Gasteiger partial charge in [0.1, 0.15) is 30.0 Å². The molecule has 32 heavy (non-hydrogen) atoms. The monoisotopic (exact) mass is 428 g/mol. The number of hydrogen-bond donors (Lipinski definition) is 0. The number of aryl methyl sites for hydroxylation is 1. The Bertz CT molecular complexity index is 1260. The predicted molar refractivity (Wildman–Crippen MR) is 128 cm³/mol. The highest BCUT2D eigenvalue weighted by atomic mass is 16.5. The van der Waals surface area contributed by atoms with E-state index in [2.05, 4.69) is 52.0 Å². The predicted octanol–water partition coefficient (Wildman–Crippen LogP) is 7.02. The molecule has 4 nitrogen and oxygen atoms in total. The Kier molecular flexibility index (Phi) is 6.04. The number of benzene rings is 3. The quantitative estimate of drug-likeness (QED) is 0.331. The van der Waals surface area contributed by atoms with Crippen molar-refractivity contribution in [1.29, 1.82) is 0 Å². The van der Waals surface area contributed by atoms with Crippen LogP contribution in [0.5, 0.6) is 17.2 Å². The van der Waals surface area contributed by atoms with Gasteiger partial charge in [0.15, 0.2) is 0 Å². The lowest BCUT2D eigenvalue weighted by atomic mass is 9.87. The molecular weight excluding hydrogens is 400 g/mol. The highest BCUT2D eigenvalue weighted by Crippen LogP contribution is 2.26. The second-order valence-electron chi connectivity index (χ2n) is 8.92. The first-order chi connectivity index (χ1) is 15.3. The van der Waals surface area contributed by atoms with Crippen LogP contribution in [0.25, 0.3) is 11.0 Å². The van der Waals surface area contributed by atoms with Crippen LogP contribution in [0.15, 0.2) is 82.2 Å². The van der Waals surface area contributed by atoms with Gasteiger partial charge in [-0.15, -0.1) is 0 Å². The van der Waals surface area contributed by atoms with E-state index in [1.807, 2.05) is 24.3 Å². The minimum absolute atomic E-state index is 0.122. The van der Waals surface area contributed by atoms with Crippen molar-refractivity contribution in [1.82, 2.24) is 0 Å². The zero-order chi connectivity index (χ0) is 22.7. The summed E-state index contributed by atoms with van der Waals surface area (Å²) >= 11 is 0. The lowest BCUT2D eigenvalue weighted by molar-refractivity contribution is 0.306. The van der Waals surface area contributed by atoms with E-state index >= 15 is 0 Å². The molecule has 1 heterocycles. The first kappa shape index (κ1) is 21.7. The van der Waals surface area contributed by atoms with Crippen LogP contribution in [0.1, 0.15) is 44.4 Å². The van der Waals surface area contributed by atoms with Gasteiger partial charge >= 0.3 is 0 Å². The van der Waals surface area contributed by atoms with Crippen molar-refractivity contribution in [3.8, 4) is 17.2 Å². The molecule has 4 aromatic rings. The normalized spacial score (nSPS) is 11.5. The highest BCUT2D eigenvalue weighted by molar-refractivity contribution is 5.79. The third kappa shape index (κ3) is 4.86. The Hall–Kier alpha value is -3.53. The van der Waals surface area contributed by atoms with Gasteiger partial charge in [-0.1, -0.05) is 64.1 Å². The maximum Gasteiger partial charge on any atom is 0.235 e. The van der Waals surface area contributed by atoms with E-state index in [-0.39, 0.29) is 16.6 Å². The number of ether oxygens (including phenoxy) is 2. The summed E-state index contributed by atoms with van der Waals surface area (Å²) in [6.45, 7) is 9.11. The Morgan fingerprint density at radius 2 is 1.50 bits per heavy atom. The third-order valence-corrected chi connectivity index (χ3v) is 5.50. The Balaban J connectivity index is 1.48. The fourth-order valence-corrected chi connectivity index (χ4v) is 3.44. The summed E-state index contributed by atoms with van der Waals surface area (Å²) in [5, 5.41) is 0.453. The molecule has 3 aromatic carbocycles. The Morgan fingerprint density at radius 3 is 2.16 bits per heavy atom. The van der Waals surface area contributed by atoms with E-state index in [4.69, 9.17) is 13.9 Å². The van der Waals surface area contributed by atoms with Gasteiger partial charge in [0, 0.05) is 6.07 Å². The van der Waals surface area contributed by atoms with Crippen molar-refractivity contribution in [3.63, 3.8) is 0 Å². The second kappa shape index (κ2) is 8.91. The molecule has 4 rings (SSSR count). The standard InChI is InChI=1S/C28H28O4/c1-5-19-8-12-22(13-9-19)32-26-18-31-25-16-23(14-15-24(25)27(26)29)30-17-20-6-10-21(11-7-20)28(2,3)4/h6-16,18H,5,17H2,1-4H3. The van der Waals surface area contributed by atoms with Crippen molar-refractivity contribution < 1.29 is 13.9 Å². The zero-order valence-corrected chi connectivity index (χ0v) is 19.0. The molecule has 0 atom stereocenters. The van der Waals surface area contributed by atoms with Crippen LogP contribution >= 0.6 is 0 Å². The molecule has 0 amide bonds.